The molecule has 0 saturated heterocycles. The first-order valence-electron chi connectivity index (χ1n) is 18.0. The second kappa shape index (κ2) is 32.3. The number of hydrogen-bond acceptors (Lipinski definition) is 6. The van der Waals surface area contributed by atoms with Crippen LogP contribution in [0.2, 0.25) is 0 Å². The van der Waals surface area contributed by atoms with E-state index in [0.29, 0.717) is 19.3 Å². The Kier molecular flexibility index (Phi) is 31.1. The Morgan fingerprint density at radius 1 is 0.381 bits per heavy atom. The molecule has 0 aliphatic carbocycles. The predicted octanol–water partition coefficient (Wildman–Crippen LogP) is 10.6. The molecular formula is C36H68O6. The maximum atomic E-state index is 12.4. The van der Waals surface area contributed by atoms with Crippen molar-refractivity contribution in [3.8, 4) is 0 Å². The number of rotatable bonds is 32. The first-order valence-corrected chi connectivity index (χ1v) is 18.0. The number of carbonyl (C=O) groups excluding carboxylic acids is 3. The Hall–Kier alpha value is -1.59. The Bertz CT molecular complexity index is 620. The maximum absolute atomic E-state index is 12.4. The van der Waals surface area contributed by atoms with E-state index < -0.39 is 6.10 Å². The van der Waals surface area contributed by atoms with E-state index in [0.717, 1.165) is 64.2 Å². The Labute approximate surface area is 259 Å². The van der Waals surface area contributed by atoms with Crippen molar-refractivity contribution in [2.24, 2.45) is 0 Å². The molecule has 1 atom stereocenters. The smallest absolute Gasteiger partial charge is 0.306 e. The molecule has 0 aromatic carbocycles. The largest absolute Gasteiger partial charge is 0.462 e. The molecule has 0 radical (unpaired) electrons. The lowest BCUT2D eigenvalue weighted by molar-refractivity contribution is -0.167. The molecular weight excluding hydrogens is 528 g/mol. The number of unbranched alkanes of at least 4 members (excludes halogenated alkanes) is 21. The highest BCUT2D eigenvalue weighted by atomic mass is 16.6. The van der Waals surface area contributed by atoms with Crippen LogP contribution in [0.25, 0.3) is 0 Å². The summed E-state index contributed by atoms with van der Waals surface area (Å²) in [5.41, 5.74) is 0. The zero-order chi connectivity index (χ0) is 30.9. The van der Waals surface area contributed by atoms with Gasteiger partial charge >= 0.3 is 17.9 Å². The van der Waals surface area contributed by atoms with Crippen molar-refractivity contribution in [2.75, 3.05) is 13.2 Å². The van der Waals surface area contributed by atoms with Gasteiger partial charge in [0.05, 0.1) is 0 Å². The number of hydrogen-bond donors (Lipinski definition) is 0. The van der Waals surface area contributed by atoms with E-state index >= 15 is 0 Å². The molecule has 0 amide bonds. The Morgan fingerprint density at radius 2 is 0.643 bits per heavy atom. The Balaban J connectivity index is 4.24. The van der Waals surface area contributed by atoms with E-state index in [9.17, 15) is 14.4 Å². The first kappa shape index (κ1) is 40.4. The van der Waals surface area contributed by atoms with E-state index in [1.807, 2.05) is 0 Å². The van der Waals surface area contributed by atoms with Crippen LogP contribution in [-0.2, 0) is 28.6 Å². The van der Waals surface area contributed by atoms with Gasteiger partial charge in [-0.15, -0.1) is 0 Å². The van der Waals surface area contributed by atoms with Crippen LogP contribution in [0.1, 0.15) is 194 Å². The third kappa shape index (κ3) is 29.9. The van der Waals surface area contributed by atoms with Gasteiger partial charge in [-0.3, -0.25) is 14.4 Å². The molecule has 248 valence electrons. The average molecular weight is 597 g/mol. The number of esters is 3. The van der Waals surface area contributed by atoms with Crippen molar-refractivity contribution < 1.29 is 28.6 Å². The van der Waals surface area contributed by atoms with Gasteiger partial charge in [-0.25, -0.2) is 0 Å². The van der Waals surface area contributed by atoms with Crippen LogP contribution in [0.4, 0.5) is 0 Å². The van der Waals surface area contributed by atoms with Gasteiger partial charge in [0.25, 0.3) is 0 Å². The quantitative estimate of drug-likeness (QED) is 0.0436. The van der Waals surface area contributed by atoms with Gasteiger partial charge in [0.2, 0.25) is 0 Å². The van der Waals surface area contributed by atoms with Gasteiger partial charge in [-0.2, -0.15) is 0 Å². The van der Waals surface area contributed by atoms with Crippen molar-refractivity contribution in [2.45, 2.75) is 200 Å². The summed E-state index contributed by atoms with van der Waals surface area (Å²) < 4.78 is 16.4. The predicted molar refractivity (Wildman–Crippen MR) is 173 cm³/mol. The lowest BCUT2D eigenvalue weighted by Gasteiger charge is -2.18. The van der Waals surface area contributed by atoms with E-state index in [1.165, 1.54) is 89.9 Å². The molecule has 6 heteroatoms. The van der Waals surface area contributed by atoms with Crippen molar-refractivity contribution in [3.05, 3.63) is 0 Å². The molecule has 0 saturated carbocycles. The van der Waals surface area contributed by atoms with Crippen LogP contribution < -0.4 is 0 Å². The second-order valence-electron chi connectivity index (χ2n) is 12.2. The number of ether oxygens (including phenoxy) is 3. The molecule has 0 spiro atoms. The average Bonchev–Trinajstić information content (AvgIpc) is 2.98. The third-order valence-electron chi connectivity index (χ3n) is 7.86. The summed E-state index contributed by atoms with van der Waals surface area (Å²) in [4.78, 5) is 37.0. The lowest BCUT2D eigenvalue weighted by atomic mass is 10.0. The molecule has 0 aliphatic rings. The van der Waals surface area contributed by atoms with Gasteiger partial charge in [-0.05, 0) is 19.3 Å². The zero-order valence-corrected chi connectivity index (χ0v) is 28.0. The van der Waals surface area contributed by atoms with E-state index in [2.05, 4.69) is 20.8 Å². The van der Waals surface area contributed by atoms with Crippen LogP contribution in [0, 0.1) is 0 Å². The summed E-state index contributed by atoms with van der Waals surface area (Å²) in [6.07, 6.45) is 28.4. The van der Waals surface area contributed by atoms with Gasteiger partial charge < -0.3 is 14.2 Å². The Morgan fingerprint density at radius 3 is 0.952 bits per heavy atom. The maximum Gasteiger partial charge on any atom is 0.306 e. The molecule has 0 aromatic heterocycles. The molecule has 0 bridgehead atoms. The normalized spacial score (nSPS) is 11.8. The minimum atomic E-state index is -0.753. The summed E-state index contributed by atoms with van der Waals surface area (Å²) in [6.45, 7) is 6.48. The fourth-order valence-electron chi connectivity index (χ4n) is 5.09. The minimum absolute atomic E-state index is 0.0658. The first-order chi connectivity index (χ1) is 20.5. The molecule has 42 heavy (non-hydrogen) atoms. The molecule has 0 heterocycles. The number of carbonyl (C=O) groups is 3. The van der Waals surface area contributed by atoms with Crippen LogP contribution in [-0.4, -0.2) is 37.2 Å². The van der Waals surface area contributed by atoms with Gasteiger partial charge in [-0.1, -0.05) is 156 Å². The molecule has 0 rings (SSSR count). The monoisotopic (exact) mass is 597 g/mol. The van der Waals surface area contributed by atoms with E-state index in [-0.39, 0.29) is 31.1 Å². The SMILES string of the molecule is CCCCCCCCCCCCCCC(=O)OCC(COC(=O)CCCCCCC)OC(=O)CCCCCCCCC. The molecule has 6 nitrogen and oxygen atoms in total. The highest BCUT2D eigenvalue weighted by molar-refractivity contribution is 5.71. The fourth-order valence-corrected chi connectivity index (χ4v) is 5.09. The van der Waals surface area contributed by atoms with Gasteiger partial charge in [0, 0.05) is 19.3 Å². The van der Waals surface area contributed by atoms with Gasteiger partial charge in [0.1, 0.15) is 13.2 Å². The highest BCUT2D eigenvalue weighted by Gasteiger charge is 2.19. The van der Waals surface area contributed by atoms with Crippen molar-refractivity contribution in [1.29, 1.82) is 0 Å². The van der Waals surface area contributed by atoms with Crippen LogP contribution in [0.5, 0.6) is 0 Å². The second-order valence-corrected chi connectivity index (χ2v) is 12.2. The standard InChI is InChI=1S/C36H68O6/c1-4-7-10-13-15-16-17-18-19-21-23-26-29-35(38)41-32-33(31-40-34(37)28-25-22-12-9-6-3)42-36(39)30-27-24-20-14-11-8-5-2/h33H,4-32H2,1-3H3. The highest BCUT2D eigenvalue weighted by Crippen LogP contribution is 2.14. The summed E-state index contributed by atoms with van der Waals surface area (Å²) in [7, 11) is 0. The summed E-state index contributed by atoms with van der Waals surface area (Å²) in [5, 5.41) is 0. The molecule has 0 N–H and O–H groups in total. The van der Waals surface area contributed by atoms with E-state index in [1.54, 1.807) is 0 Å². The molecule has 0 aromatic rings. The van der Waals surface area contributed by atoms with Crippen LogP contribution >= 0.6 is 0 Å². The van der Waals surface area contributed by atoms with Crippen molar-refractivity contribution >= 4 is 17.9 Å². The van der Waals surface area contributed by atoms with Crippen LogP contribution in [0.15, 0.2) is 0 Å². The third-order valence-corrected chi connectivity index (χ3v) is 7.86. The lowest BCUT2D eigenvalue weighted by Crippen LogP contribution is -2.30. The summed E-state index contributed by atoms with van der Waals surface area (Å²) in [5.74, 6) is -0.888. The molecule has 0 fully saturated rings. The molecule has 1 unspecified atom stereocenters. The van der Waals surface area contributed by atoms with E-state index in [4.69, 9.17) is 14.2 Å². The van der Waals surface area contributed by atoms with Crippen LogP contribution in [0.3, 0.4) is 0 Å². The topological polar surface area (TPSA) is 78.9 Å². The zero-order valence-electron chi connectivity index (χ0n) is 28.0. The fraction of sp³-hybridized carbons (Fsp3) is 0.917. The van der Waals surface area contributed by atoms with Gasteiger partial charge in [0.15, 0.2) is 6.10 Å². The summed E-state index contributed by atoms with van der Waals surface area (Å²) >= 11 is 0. The van der Waals surface area contributed by atoms with Crippen molar-refractivity contribution in [1.82, 2.24) is 0 Å². The molecule has 0 aliphatic heterocycles. The minimum Gasteiger partial charge on any atom is -0.462 e. The summed E-state index contributed by atoms with van der Waals surface area (Å²) in [6, 6.07) is 0. The van der Waals surface area contributed by atoms with Crippen molar-refractivity contribution in [3.63, 3.8) is 0 Å².